The molecule has 1 aliphatic rings. The number of hydrogen-bond donors (Lipinski definition) is 0. The summed E-state index contributed by atoms with van der Waals surface area (Å²) >= 11 is 2.94. The summed E-state index contributed by atoms with van der Waals surface area (Å²) in [6, 6.07) is 5.23. The zero-order valence-electron chi connectivity index (χ0n) is 16.2. The van der Waals surface area contributed by atoms with Crippen molar-refractivity contribution >= 4 is 57.0 Å². The van der Waals surface area contributed by atoms with Crippen LogP contribution in [0.3, 0.4) is 0 Å². The second-order valence-electron chi connectivity index (χ2n) is 6.31. The number of aromatic nitrogens is 1. The summed E-state index contributed by atoms with van der Waals surface area (Å²) in [6.07, 6.45) is 2.26. The Kier molecular flexibility index (Phi) is 6.86. The second kappa shape index (κ2) is 9.36. The Morgan fingerprint density at radius 1 is 1.24 bits per heavy atom. The molecule has 10 heteroatoms. The minimum atomic E-state index is -0.552. The van der Waals surface area contributed by atoms with E-state index in [1.165, 1.54) is 11.3 Å². The van der Waals surface area contributed by atoms with Crippen molar-refractivity contribution in [3.8, 4) is 0 Å². The van der Waals surface area contributed by atoms with E-state index in [1.807, 2.05) is 16.9 Å². The molecule has 0 atom stereocenters. The van der Waals surface area contributed by atoms with E-state index in [0.717, 1.165) is 20.9 Å². The lowest BCUT2D eigenvalue weighted by Crippen LogP contribution is -2.34. The number of likely N-dealkylation sites (tertiary alicyclic amines) is 1. The van der Waals surface area contributed by atoms with Gasteiger partial charge in [-0.15, -0.1) is 0 Å². The molecule has 2 aromatic rings. The molecule has 1 fully saturated rings. The van der Waals surface area contributed by atoms with E-state index in [-0.39, 0.29) is 37.8 Å². The van der Waals surface area contributed by atoms with Gasteiger partial charge >= 0.3 is 5.97 Å². The molecule has 0 spiro atoms. The number of amides is 3. The van der Waals surface area contributed by atoms with Gasteiger partial charge in [-0.3, -0.25) is 19.3 Å². The average Bonchev–Trinajstić information content (AvgIpc) is 3.19. The monoisotopic (exact) mass is 435 g/mol. The lowest BCUT2D eigenvalue weighted by Gasteiger charge is -2.10. The smallest absolute Gasteiger partial charge is 0.338 e. The molecule has 0 aliphatic carbocycles. The number of fused-ring (bicyclic) bond motifs is 1. The predicted molar refractivity (Wildman–Crippen MR) is 111 cm³/mol. The van der Waals surface area contributed by atoms with Gasteiger partial charge in [0.05, 0.1) is 22.4 Å². The highest BCUT2D eigenvalue weighted by Crippen LogP contribution is 2.20. The van der Waals surface area contributed by atoms with Crippen LogP contribution >= 0.6 is 23.1 Å². The first-order valence-corrected chi connectivity index (χ1v) is 11.4. The molecule has 1 saturated heterocycles. The van der Waals surface area contributed by atoms with Crippen LogP contribution in [0.15, 0.2) is 23.2 Å². The van der Waals surface area contributed by atoms with E-state index < -0.39 is 11.9 Å². The van der Waals surface area contributed by atoms with Crippen LogP contribution < -0.4 is 4.80 Å². The predicted octanol–water partition coefficient (Wildman–Crippen LogP) is 1.82. The second-order valence-corrected chi connectivity index (χ2v) is 8.31. The van der Waals surface area contributed by atoms with Crippen LogP contribution in [0.25, 0.3) is 10.2 Å². The van der Waals surface area contributed by atoms with Crippen molar-refractivity contribution in [2.24, 2.45) is 4.99 Å². The highest BCUT2D eigenvalue weighted by atomic mass is 32.2. The van der Waals surface area contributed by atoms with Gasteiger partial charge in [-0.2, -0.15) is 16.8 Å². The van der Waals surface area contributed by atoms with Gasteiger partial charge in [0.2, 0.25) is 11.8 Å². The van der Waals surface area contributed by atoms with Gasteiger partial charge in [0.15, 0.2) is 4.80 Å². The number of rotatable bonds is 7. The molecule has 0 radical (unpaired) electrons. The summed E-state index contributed by atoms with van der Waals surface area (Å²) in [5, 5.41) is 0. The summed E-state index contributed by atoms with van der Waals surface area (Å²) < 4.78 is 7.76. The van der Waals surface area contributed by atoms with Gasteiger partial charge in [-0.1, -0.05) is 11.3 Å². The number of esters is 1. The topological polar surface area (TPSA) is 98.0 Å². The highest BCUT2D eigenvalue weighted by Gasteiger charge is 2.30. The minimum absolute atomic E-state index is 0.138. The maximum atomic E-state index is 12.4. The van der Waals surface area contributed by atoms with E-state index in [2.05, 4.69) is 4.99 Å². The van der Waals surface area contributed by atoms with Crippen molar-refractivity contribution < 1.29 is 23.9 Å². The van der Waals surface area contributed by atoms with Crippen molar-refractivity contribution in [3.63, 3.8) is 0 Å². The van der Waals surface area contributed by atoms with Crippen molar-refractivity contribution in [2.75, 3.05) is 25.2 Å². The molecular formula is C19H21N3O5S2. The van der Waals surface area contributed by atoms with E-state index in [0.29, 0.717) is 16.9 Å². The normalized spacial score (nSPS) is 14.8. The third-order valence-electron chi connectivity index (χ3n) is 4.38. The van der Waals surface area contributed by atoms with Gasteiger partial charge in [-0.05, 0) is 31.4 Å². The largest absolute Gasteiger partial charge is 0.462 e. The molecule has 2 heterocycles. The van der Waals surface area contributed by atoms with E-state index >= 15 is 0 Å². The lowest BCUT2D eigenvalue weighted by atomic mass is 10.2. The molecule has 3 rings (SSSR count). The number of carbonyl (C=O) groups is 4. The van der Waals surface area contributed by atoms with Crippen LogP contribution in [0.5, 0.6) is 0 Å². The number of hydrogen-bond acceptors (Lipinski definition) is 7. The lowest BCUT2D eigenvalue weighted by molar-refractivity contribution is -0.141. The van der Waals surface area contributed by atoms with Crippen LogP contribution in [0.4, 0.5) is 0 Å². The first kappa shape index (κ1) is 21.3. The Morgan fingerprint density at radius 3 is 2.62 bits per heavy atom. The zero-order chi connectivity index (χ0) is 21.0. The van der Waals surface area contributed by atoms with Crippen molar-refractivity contribution in [1.82, 2.24) is 9.47 Å². The van der Waals surface area contributed by atoms with E-state index in [1.54, 1.807) is 30.8 Å². The van der Waals surface area contributed by atoms with Gasteiger partial charge < -0.3 is 9.30 Å². The fourth-order valence-corrected chi connectivity index (χ4v) is 4.45. The molecule has 0 saturated carbocycles. The van der Waals surface area contributed by atoms with Gasteiger partial charge in [-0.25, -0.2) is 4.79 Å². The summed E-state index contributed by atoms with van der Waals surface area (Å²) in [6.45, 7) is 2.32. The number of thioether (sulfide) groups is 1. The maximum absolute atomic E-state index is 12.4. The molecule has 1 aromatic carbocycles. The number of nitrogens with zero attached hydrogens (tertiary/aromatic N) is 3. The molecular weight excluding hydrogens is 414 g/mol. The summed E-state index contributed by atoms with van der Waals surface area (Å²) in [7, 11) is 0. The van der Waals surface area contributed by atoms with E-state index in [4.69, 9.17) is 4.74 Å². The molecule has 154 valence electrons. The fraction of sp³-hybridized carbons (Fsp3) is 0.421. The number of imide groups is 1. The first-order valence-electron chi connectivity index (χ1n) is 9.14. The molecule has 0 N–H and O–H groups in total. The molecule has 29 heavy (non-hydrogen) atoms. The summed E-state index contributed by atoms with van der Waals surface area (Å²) in [4.78, 5) is 53.5. The first-order chi connectivity index (χ1) is 13.9. The highest BCUT2D eigenvalue weighted by molar-refractivity contribution is 7.98. The molecule has 1 aromatic heterocycles. The van der Waals surface area contributed by atoms with E-state index in [9.17, 15) is 19.2 Å². The Labute approximate surface area is 175 Å². The fourth-order valence-electron chi connectivity index (χ4n) is 2.98. The number of aryl methyl sites for hydroxylation is 1. The van der Waals surface area contributed by atoms with Crippen LogP contribution in [0.1, 0.15) is 30.1 Å². The third kappa shape index (κ3) is 4.76. The average molecular weight is 436 g/mol. The van der Waals surface area contributed by atoms with Crippen LogP contribution in [-0.2, 0) is 25.7 Å². The van der Waals surface area contributed by atoms with Crippen LogP contribution in [-0.4, -0.2) is 58.3 Å². The standard InChI is InChI=1S/C19H21N3O5S2/c1-3-27-18(26)12-4-5-13-14(10-12)29-19(21(13)8-9-28-2)20-15(23)11-22-16(24)6-7-17(22)25/h4-5,10H,3,6-9,11H2,1-2H3. The zero-order valence-corrected chi connectivity index (χ0v) is 17.8. The maximum Gasteiger partial charge on any atom is 0.338 e. The molecule has 0 bridgehead atoms. The van der Waals surface area contributed by atoms with Gasteiger partial charge in [0, 0.05) is 25.1 Å². The summed E-state index contributed by atoms with van der Waals surface area (Å²) in [5.74, 6) is -0.827. The van der Waals surface area contributed by atoms with Gasteiger partial charge in [0.1, 0.15) is 6.54 Å². The molecule has 8 nitrogen and oxygen atoms in total. The molecule has 3 amide bonds. The molecule has 0 unspecified atom stereocenters. The van der Waals surface area contributed by atoms with Crippen LogP contribution in [0.2, 0.25) is 0 Å². The number of carbonyl (C=O) groups excluding carboxylic acids is 4. The third-order valence-corrected chi connectivity index (χ3v) is 6.01. The van der Waals surface area contributed by atoms with Gasteiger partial charge in [0.25, 0.3) is 5.91 Å². The van der Waals surface area contributed by atoms with Crippen molar-refractivity contribution in [2.45, 2.75) is 26.3 Å². The summed E-state index contributed by atoms with van der Waals surface area (Å²) in [5.41, 5.74) is 1.29. The number of benzene rings is 1. The Bertz CT molecular complexity index is 1020. The van der Waals surface area contributed by atoms with Crippen molar-refractivity contribution in [1.29, 1.82) is 0 Å². The molecule has 1 aliphatic heterocycles. The Balaban J connectivity index is 1.96. The quantitative estimate of drug-likeness (QED) is 0.486. The number of thiazole rings is 1. The number of ether oxygens (including phenoxy) is 1. The Morgan fingerprint density at radius 2 is 1.97 bits per heavy atom. The SMILES string of the molecule is CCOC(=O)c1ccc2c(c1)sc(=NC(=O)CN1C(=O)CCC1=O)n2CCSC. The Hall–Kier alpha value is -2.46. The minimum Gasteiger partial charge on any atom is -0.462 e. The van der Waals surface area contributed by atoms with Crippen LogP contribution in [0, 0.1) is 0 Å². The van der Waals surface area contributed by atoms with Crippen molar-refractivity contribution in [3.05, 3.63) is 28.6 Å².